The van der Waals surface area contributed by atoms with Gasteiger partial charge >= 0.3 is 0 Å². The molecule has 1 aliphatic rings. The Kier molecular flexibility index (Phi) is 3.02. The molecular weight excluding hydrogens is 230 g/mol. The molecule has 1 saturated heterocycles. The molecule has 1 aromatic heterocycles. The molecule has 0 aromatic carbocycles. The second-order valence-electron chi connectivity index (χ2n) is 4.96. The summed E-state index contributed by atoms with van der Waals surface area (Å²) in [7, 11) is 1.66. The Balaban J connectivity index is 2.18. The van der Waals surface area contributed by atoms with E-state index in [1.807, 2.05) is 13.0 Å². The van der Waals surface area contributed by atoms with Gasteiger partial charge in [-0.2, -0.15) is 0 Å². The Labute approximate surface area is 106 Å². The third kappa shape index (κ3) is 2.05. The van der Waals surface area contributed by atoms with Crippen molar-refractivity contribution in [1.29, 1.82) is 0 Å². The number of carbonyl (C=O) groups is 1. The van der Waals surface area contributed by atoms with Gasteiger partial charge in [-0.15, -0.1) is 0 Å². The summed E-state index contributed by atoms with van der Waals surface area (Å²) in [5.74, 6) is 1.17. The molecule has 2 rings (SSSR count). The van der Waals surface area contributed by atoms with Gasteiger partial charge in [0.05, 0.1) is 11.1 Å². The molecule has 1 unspecified atom stereocenters. The number of carbonyl (C=O) groups excluding carboxylic acids is 1. The quantitative estimate of drug-likeness (QED) is 0.696. The molecule has 0 bridgehead atoms. The maximum absolute atomic E-state index is 11.8. The summed E-state index contributed by atoms with van der Waals surface area (Å²) in [6, 6.07) is 3.58. The minimum Gasteiger partial charge on any atom is -0.396 e. The van der Waals surface area contributed by atoms with Crippen LogP contribution in [-0.4, -0.2) is 31.0 Å². The second kappa shape index (κ2) is 4.36. The SMILES string of the molecule is CNC(=O)C1(C)CCN(c2ccc(N)c(N)n2)C1. The molecule has 0 aliphatic carbocycles. The average molecular weight is 249 g/mol. The van der Waals surface area contributed by atoms with Crippen LogP contribution in [0.15, 0.2) is 12.1 Å². The first-order valence-electron chi connectivity index (χ1n) is 5.95. The van der Waals surface area contributed by atoms with Gasteiger partial charge in [0.2, 0.25) is 5.91 Å². The summed E-state index contributed by atoms with van der Waals surface area (Å²) in [5.41, 5.74) is 11.5. The van der Waals surface area contributed by atoms with E-state index in [0.29, 0.717) is 18.1 Å². The zero-order valence-electron chi connectivity index (χ0n) is 10.7. The Morgan fingerprint density at radius 3 is 2.83 bits per heavy atom. The third-order valence-corrected chi connectivity index (χ3v) is 3.52. The zero-order chi connectivity index (χ0) is 13.3. The van der Waals surface area contributed by atoms with Crippen LogP contribution in [0, 0.1) is 5.41 Å². The lowest BCUT2D eigenvalue weighted by Gasteiger charge is -2.23. The van der Waals surface area contributed by atoms with Crippen LogP contribution in [0.25, 0.3) is 0 Å². The van der Waals surface area contributed by atoms with Crippen LogP contribution in [0.5, 0.6) is 0 Å². The average Bonchev–Trinajstić information content (AvgIpc) is 2.76. The zero-order valence-corrected chi connectivity index (χ0v) is 10.7. The topological polar surface area (TPSA) is 97.3 Å². The lowest BCUT2D eigenvalue weighted by molar-refractivity contribution is -0.128. The molecule has 5 N–H and O–H groups in total. The summed E-state index contributed by atoms with van der Waals surface area (Å²) in [5, 5.41) is 2.71. The fraction of sp³-hybridized carbons (Fsp3) is 0.500. The Morgan fingerprint density at radius 2 is 2.22 bits per heavy atom. The molecule has 0 radical (unpaired) electrons. The number of rotatable bonds is 2. The Bertz CT molecular complexity index is 476. The third-order valence-electron chi connectivity index (χ3n) is 3.52. The van der Waals surface area contributed by atoms with Crippen molar-refractivity contribution < 1.29 is 4.79 Å². The fourth-order valence-corrected chi connectivity index (χ4v) is 2.29. The number of hydrogen-bond donors (Lipinski definition) is 3. The molecule has 6 heteroatoms. The van der Waals surface area contributed by atoms with Crippen molar-refractivity contribution in [3.63, 3.8) is 0 Å². The number of amides is 1. The van der Waals surface area contributed by atoms with Gasteiger partial charge in [0.15, 0.2) is 0 Å². The molecule has 1 fully saturated rings. The minimum absolute atomic E-state index is 0.0633. The summed E-state index contributed by atoms with van der Waals surface area (Å²) in [6.07, 6.45) is 0.804. The molecule has 1 amide bonds. The predicted octanol–water partition coefficient (Wildman–Crippen LogP) is 0.208. The summed E-state index contributed by atoms with van der Waals surface area (Å²) in [4.78, 5) is 18.1. The van der Waals surface area contributed by atoms with Crippen LogP contribution >= 0.6 is 0 Å². The second-order valence-corrected chi connectivity index (χ2v) is 4.96. The van der Waals surface area contributed by atoms with Crippen LogP contribution in [0.4, 0.5) is 17.3 Å². The number of aromatic nitrogens is 1. The first kappa shape index (κ1) is 12.5. The van der Waals surface area contributed by atoms with Gasteiger partial charge in [-0.25, -0.2) is 4.98 Å². The van der Waals surface area contributed by atoms with E-state index in [9.17, 15) is 4.79 Å². The largest absolute Gasteiger partial charge is 0.396 e. The first-order valence-corrected chi connectivity index (χ1v) is 5.95. The van der Waals surface area contributed by atoms with Crippen LogP contribution in [0.2, 0.25) is 0 Å². The van der Waals surface area contributed by atoms with Crippen molar-refractivity contribution in [2.75, 3.05) is 36.5 Å². The van der Waals surface area contributed by atoms with Crippen molar-refractivity contribution in [2.45, 2.75) is 13.3 Å². The maximum Gasteiger partial charge on any atom is 0.227 e. The minimum atomic E-state index is -0.368. The molecule has 0 saturated carbocycles. The normalized spacial score (nSPS) is 23.1. The lowest BCUT2D eigenvalue weighted by Crippen LogP contribution is -2.39. The number of hydrogen-bond acceptors (Lipinski definition) is 5. The van der Waals surface area contributed by atoms with Gasteiger partial charge in [0.25, 0.3) is 0 Å². The Hall–Kier alpha value is -1.98. The van der Waals surface area contributed by atoms with Crippen molar-refractivity contribution in [2.24, 2.45) is 5.41 Å². The highest BCUT2D eigenvalue weighted by molar-refractivity contribution is 5.83. The van der Waals surface area contributed by atoms with Gasteiger partial charge in [-0.3, -0.25) is 4.79 Å². The molecule has 2 heterocycles. The van der Waals surface area contributed by atoms with Crippen molar-refractivity contribution in [1.82, 2.24) is 10.3 Å². The van der Waals surface area contributed by atoms with E-state index in [2.05, 4.69) is 15.2 Å². The Morgan fingerprint density at radius 1 is 1.50 bits per heavy atom. The number of nitrogens with one attached hydrogen (secondary N) is 1. The molecule has 1 atom stereocenters. The molecule has 1 aromatic rings. The smallest absolute Gasteiger partial charge is 0.227 e. The molecule has 6 nitrogen and oxygen atoms in total. The van der Waals surface area contributed by atoms with Gasteiger partial charge in [0, 0.05) is 20.1 Å². The summed E-state index contributed by atoms with van der Waals surface area (Å²) >= 11 is 0. The van der Waals surface area contributed by atoms with Crippen molar-refractivity contribution in [3.05, 3.63) is 12.1 Å². The van der Waals surface area contributed by atoms with Crippen LogP contribution < -0.4 is 21.7 Å². The standard InChI is InChI=1S/C12H19N5O/c1-12(11(18)15-2)5-6-17(7-12)9-4-3-8(13)10(14)16-9/h3-4H,5-7,13H2,1-2H3,(H2,14,16)(H,15,18). The maximum atomic E-state index is 11.8. The highest BCUT2D eigenvalue weighted by atomic mass is 16.2. The van der Waals surface area contributed by atoms with Gasteiger partial charge in [-0.1, -0.05) is 0 Å². The van der Waals surface area contributed by atoms with E-state index in [1.165, 1.54) is 0 Å². The van der Waals surface area contributed by atoms with Gasteiger partial charge < -0.3 is 21.7 Å². The van der Waals surface area contributed by atoms with Gasteiger partial charge in [0.1, 0.15) is 11.6 Å². The summed E-state index contributed by atoms with van der Waals surface area (Å²) in [6.45, 7) is 3.40. The lowest BCUT2D eigenvalue weighted by atomic mass is 9.89. The number of pyridine rings is 1. The fourth-order valence-electron chi connectivity index (χ4n) is 2.29. The predicted molar refractivity (Wildman–Crippen MR) is 72.1 cm³/mol. The number of nitrogens with two attached hydrogens (primary N) is 2. The molecule has 0 spiro atoms. The first-order chi connectivity index (χ1) is 8.46. The van der Waals surface area contributed by atoms with E-state index in [-0.39, 0.29) is 11.3 Å². The van der Waals surface area contributed by atoms with Gasteiger partial charge in [-0.05, 0) is 25.5 Å². The van der Waals surface area contributed by atoms with Crippen LogP contribution in [0.3, 0.4) is 0 Å². The highest BCUT2D eigenvalue weighted by Crippen LogP contribution is 2.33. The van der Waals surface area contributed by atoms with E-state index in [4.69, 9.17) is 11.5 Å². The molecule has 18 heavy (non-hydrogen) atoms. The van der Waals surface area contributed by atoms with Crippen molar-refractivity contribution >= 4 is 23.2 Å². The number of nitrogens with zero attached hydrogens (tertiary/aromatic N) is 2. The van der Waals surface area contributed by atoms with E-state index >= 15 is 0 Å². The van der Waals surface area contributed by atoms with Crippen molar-refractivity contribution in [3.8, 4) is 0 Å². The van der Waals surface area contributed by atoms with Crippen LogP contribution in [-0.2, 0) is 4.79 Å². The molecule has 1 aliphatic heterocycles. The summed E-state index contributed by atoms with van der Waals surface area (Å²) < 4.78 is 0. The highest BCUT2D eigenvalue weighted by Gasteiger charge is 2.40. The molecule has 98 valence electrons. The number of nitrogen functional groups attached to an aromatic ring is 2. The van der Waals surface area contributed by atoms with E-state index in [1.54, 1.807) is 13.1 Å². The molecular formula is C12H19N5O. The van der Waals surface area contributed by atoms with E-state index in [0.717, 1.165) is 18.8 Å². The number of anilines is 3. The van der Waals surface area contributed by atoms with Crippen LogP contribution in [0.1, 0.15) is 13.3 Å². The van der Waals surface area contributed by atoms with E-state index < -0.39 is 0 Å². The monoisotopic (exact) mass is 249 g/mol.